The molecule has 0 fully saturated rings. The van der Waals surface area contributed by atoms with Crippen LogP contribution in [0.2, 0.25) is 0 Å². The molecule has 2 aliphatic rings. The highest BCUT2D eigenvalue weighted by molar-refractivity contribution is 6.11. The number of nitrogens with one attached hydrogen (secondary N) is 1. The van der Waals surface area contributed by atoms with Crippen molar-refractivity contribution in [1.29, 1.82) is 0 Å². The minimum absolute atomic E-state index is 0.0536. The van der Waals surface area contributed by atoms with Crippen LogP contribution in [0.4, 0.5) is 18.9 Å². The first-order chi connectivity index (χ1) is 20.2. The summed E-state index contributed by atoms with van der Waals surface area (Å²) in [5.74, 6) is -0.0470. The van der Waals surface area contributed by atoms with Crippen LogP contribution in [0.5, 0.6) is 17.2 Å². The molecular formula is C32H25F3N2O5. The highest BCUT2D eigenvalue weighted by atomic mass is 19.4. The van der Waals surface area contributed by atoms with E-state index in [9.17, 15) is 22.8 Å². The van der Waals surface area contributed by atoms with E-state index in [1.165, 1.54) is 12.1 Å². The normalized spacial score (nSPS) is 17.5. The van der Waals surface area contributed by atoms with Gasteiger partial charge in [0.1, 0.15) is 5.75 Å². The summed E-state index contributed by atoms with van der Waals surface area (Å²) in [6.45, 7) is -0.0766. The number of hydrogen-bond acceptors (Lipinski definition) is 5. The molecular weight excluding hydrogens is 549 g/mol. The Morgan fingerprint density at radius 1 is 0.952 bits per heavy atom. The summed E-state index contributed by atoms with van der Waals surface area (Å²) in [6.07, 6.45) is -4.51. The Balaban J connectivity index is 1.43. The number of rotatable bonds is 6. The molecule has 6 rings (SSSR count). The van der Waals surface area contributed by atoms with Crippen molar-refractivity contribution in [2.45, 2.75) is 24.7 Å². The fraction of sp³-hybridized carbons (Fsp3) is 0.188. The Hall–Kier alpha value is -4.99. The third-order valence-corrected chi connectivity index (χ3v) is 7.43. The van der Waals surface area contributed by atoms with Crippen LogP contribution < -0.4 is 24.4 Å². The average Bonchev–Trinajstić information content (AvgIpc) is 3.48. The molecule has 0 saturated heterocycles. The standard InChI is InChI=1S/C32H25F3N2O5/c1-40-23-12-9-20(10-13-23)29-28(30(38)36-17-19-5-4-6-21(15-19)32(33,34)35)24-7-2-3-8-25(24)31(39)37(29)22-11-14-26-27(16-22)42-18-41-26/h2-16,28-29H,17-18H2,1H3,(H,36,38)/t28-,29-/m0/s1. The average molecular weight is 575 g/mol. The Labute approximate surface area is 239 Å². The molecule has 1 N–H and O–H groups in total. The van der Waals surface area contributed by atoms with E-state index < -0.39 is 29.6 Å². The van der Waals surface area contributed by atoms with Gasteiger partial charge in [0.15, 0.2) is 11.5 Å². The first-order valence-corrected chi connectivity index (χ1v) is 13.1. The zero-order valence-corrected chi connectivity index (χ0v) is 22.4. The minimum Gasteiger partial charge on any atom is -0.497 e. The molecule has 214 valence electrons. The maximum atomic E-state index is 14.1. The third kappa shape index (κ3) is 5.00. The molecule has 0 bridgehead atoms. The molecule has 0 unspecified atom stereocenters. The largest absolute Gasteiger partial charge is 0.497 e. The van der Waals surface area contributed by atoms with Crippen molar-refractivity contribution in [2.24, 2.45) is 0 Å². The van der Waals surface area contributed by atoms with Gasteiger partial charge in [0.25, 0.3) is 5.91 Å². The number of fused-ring (bicyclic) bond motifs is 2. The van der Waals surface area contributed by atoms with Crippen LogP contribution >= 0.6 is 0 Å². The number of ether oxygens (including phenoxy) is 3. The maximum Gasteiger partial charge on any atom is 0.416 e. The summed E-state index contributed by atoms with van der Waals surface area (Å²) >= 11 is 0. The lowest BCUT2D eigenvalue weighted by molar-refractivity contribution is -0.137. The molecule has 2 amide bonds. The van der Waals surface area contributed by atoms with Crippen molar-refractivity contribution >= 4 is 17.5 Å². The molecule has 0 aromatic heterocycles. The number of methoxy groups -OCH3 is 1. The highest BCUT2D eigenvalue weighted by Gasteiger charge is 2.45. The number of anilines is 1. The SMILES string of the molecule is COc1ccc([C@H]2[C@@H](C(=O)NCc3cccc(C(F)(F)F)c3)c3ccccc3C(=O)N2c2ccc3c(c2)OCO3)cc1. The number of alkyl halides is 3. The second kappa shape index (κ2) is 10.8. The fourth-order valence-corrected chi connectivity index (χ4v) is 5.44. The Morgan fingerprint density at radius 2 is 1.71 bits per heavy atom. The van der Waals surface area contributed by atoms with Gasteiger partial charge in [-0.1, -0.05) is 42.5 Å². The van der Waals surface area contributed by atoms with E-state index in [2.05, 4.69) is 5.32 Å². The van der Waals surface area contributed by atoms with Crippen LogP contribution in [-0.4, -0.2) is 25.7 Å². The van der Waals surface area contributed by atoms with Gasteiger partial charge in [-0.15, -0.1) is 0 Å². The maximum absolute atomic E-state index is 14.1. The molecule has 2 aliphatic heterocycles. The van der Waals surface area contributed by atoms with Gasteiger partial charge in [0.05, 0.1) is 24.6 Å². The van der Waals surface area contributed by atoms with Crippen molar-refractivity contribution in [1.82, 2.24) is 5.32 Å². The monoisotopic (exact) mass is 574 g/mol. The van der Waals surface area contributed by atoms with Crippen molar-refractivity contribution in [2.75, 3.05) is 18.8 Å². The van der Waals surface area contributed by atoms with Crippen LogP contribution in [0.3, 0.4) is 0 Å². The molecule has 0 saturated carbocycles. The second-order valence-electron chi connectivity index (χ2n) is 9.91. The number of amides is 2. The summed E-state index contributed by atoms with van der Waals surface area (Å²) in [5, 5.41) is 2.83. The van der Waals surface area contributed by atoms with E-state index in [1.807, 2.05) is 0 Å². The number of nitrogens with zero attached hydrogens (tertiary/aromatic N) is 1. The van der Waals surface area contributed by atoms with Crippen molar-refractivity contribution in [3.05, 3.63) is 119 Å². The first-order valence-electron chi connectivity index (χ1n) is 13.1. The molecule has 4 aromatic carbocycles. The van der Waals surface area contributed by atoms with E-state index in [4.69, 9.17) is 14.2 Å². The van der Waals surface area contributed by atoms with Gasteiger partial charge in [0.2, 0.25) is 12.7 Å². The zero-order chi connectivity index (χ0) is 29.4. The van der Waals surface area contributed by atoms with E-state index in [0.29, 0.717) is 45.2 Å². The van der Waals surface area contributed by atoms with Gasteiger partial charge in [-0.05, 0) is 59.2 Å². The lowest BCUT2D eigenvalue weighted by Gasteiger charge is -2.42. The summed E-state index contributed by atoms with van der Waals surface area (Å²) in [6, 6.07) is 23.1. The van der Waals surface area contributed by atoms with Crippen LogP contribution in [-0.2, 0) is 17.5 Å². The second-order valence-corrected chi connectivity index (χ2v) is 9.91. The Morgan fingerprint density at radius 3 is 2.48 bits per heavy atom. The number of hydrogen-bond donors (Lipinski definition) is 1. The van der Waals surface area contributed by atoms with Gasteiger partial charge in [-0.3, -0.25) is 14.5 Å². The number of carbonyl (C=O) groups excluding carboxylic acids is 2. The smallest absolute Gasteiger partial charge is 0.416 e. The molecule has 4 aromatic rings. The summed E-state index contributed by atoms with van der Waals surface area (Å²) < 4.78 is 56.2. The van der Waals surface area contributed by atoms with Crippen molar-refractivity contribution in [3.8, 4) is 17.2 Å². The van der Waals surface area contributed by atoms with Crippen LogP contribution in [0.1, 0.15) is 44.6 Å². The summed E-state index contributed by atoms with van der Waals surface area (Å²) in [7, 11) is 1.54. The number of halogens is 3. The predicted molar refractivity (Wildman–Crippen MR) is 148 cm³/mol. The van der Waals surface area contributed by atoms with E-state index >= 15 is 0 Å². The fourth-order valence-electron chi connectivity index (χ4n) is 5.44. The summed E-state index contributed by atoms with van der Waals surface area (Å²) in [5.41, 5.74) is 1.52. The molecule has 42 heavy (non-hydrogen) atoms. The van der Waals surface area contributed by atoms with Crippen LogP contribution in [0.25, 0.3) is 0 Å². The van der Waals surface area contributed by atoms with Crippen molar-refractivity contribution in [3.63, 3.8) is 0 Å². The Bertz CT molecular complexity index is 1650. The molecule has 0 aliphatic carbocycles. The van der Waals surface area contributed by atoms with E-state index in [1.54, 1.807) is 78.7 Å². The van der Waals surface area contributed by atoms with Gasteiger partial charge < -0.3 is 19.5 Å². The number of carbonyl (C=O) groups is 2. The highest BCUT2D eigenvalue weighted by Crippen LogP contribution is 2.47. The lowest BCUT2D eigenvalue weighted by Crippen LogP contribution is -2.47. The molecule has 0 spiro atoms. The summed E-state index contributed by atoms with van der Waals surface area (Å²) in [4.78, 5) is 29.7. The first kappa shape index (κ1) is 27.2. The lowest BCUT2D eigenvalue weighted by atomic mass is 9.78. The van der Waals surface area contributed by atoms with Crippen molar-refractivity contribution < 1.29 is 37.0 Å². The predicted octanol–water partition coefficient (Wildman–Crippen LogP) is 6.24. The van der Waals surface area contributed by atoms with E-state index in [0.717, 1.165) is 12.1 Å². The number of benzene rings is 4. The molecule has 0 radical (unpaired) electrons. The molecule has 2 atom stereocenters. The minimum atomic E-state index is -4.51. The molecule has 2 heterocycles. The van der Waals surface area contributed by atoms with E-state index in [-0.39, 0.29) is 19.2 Å². The third-order valence-electron chi connectivity index (χ3n) is 7.43. The Kier molecular flexibility index (Phi) is 6.97. The molecule has 10 heteroatoms. The van der Waals surface area contributed by atoms with Crippen LogP contribution in [0.15, 0.2) is 91.0 Å². The van der Waals surface area contributed by atoms with Crippen LogP contribution in [0, 0.1) is 0 Å². The van der Waals surface area contributed by atoms with Gasteiger partial charge in [0, 0.05) is 23.9 Å². The van der Waals surface area contributed by atoms with Gasteiger partial charge in [-0.25, -0.2) is 0 Å². The zero-order valence-electron chi connectivity index (χ0n) is 22.4. The van der Waals surface area contributed by atoms with Gasteiger partial charge >= 0.3 is 6.18 Å². The molecule has 7 nitrogen and oxygen atoms in total. The van der Waals surface area contributed by atoms with Gasteiger partial charge in [-0.2, -0.15) is 13.2 Å². The topological polar surface area (TPSA) is 77.1 Å². The quantitative estimate of drug-likeness (QED) is 0.295.